The molecule has 0 aliphatic rings. The number of hydrogen-bond acceptors (Lipinski definition) is 4. The highest BCUT2D eigenvalue weighted by atomic mass is 16.1. The maximum atomic E-state index is 12.4. The van der Waals surface area contributed by atoms with Gasteiger partial charge in [0.05, 0.1) is 11.3 Å². The first-order chi connectivity index (χ1) is 13.5. The van der Waals surface area contributed by atoms with Crippen LogP contribution >= 0.6 is 0 Å². The zero-order chi connectivity index (χ0) is 20.1. The largest absolute Gasteiger partial charge is 0.370 e. The second-order valence-corrected chi connectivity index (χ2v) is 6.87. The molecule has 6 heteroatoms. The molecule has 0 bridgehead atoms. The van der Waals surface area contributed by atoms with Crippen molar-refractivity contribution in [2.45, 2.75) is 27.7 Å². The van der Waals surface area contributed by atoms with Gasteiger partial charge in [-0.2, -0.15) is 5.10 Å². The molecule has 0 radical (unpaired) electrons. The first kappa shape index (κ1) is 19.6. The third-order valence-electron chi connectivity index (χ3n) is 4.74. The lowest BCUT2D eigenvalue weighted by Gasteiger charge is -2.25. The molecule has 0 aliphatic heterocycles. The number of aromatic nitrogens is 3. The van der Waals surface area contributed by atoms with Crippen LogP contribution in [0.1, 0.15) is 34.2 Å². The molecule has 146 valence electrons. The van der Waals surface area contributed by atoms with E-state index >= 15 is 0 Å². The van der Waals surface area contributed by atoms with Crippen LogP contribution in [0.3, 0.4) is 0 Å². The van der Waals surface area contributed by atoms with Crippen molar-refractivity contribution in [3.8, 4) is 5.82 Å². The van der Waals surface area contributed by atoms with Gasteiger partial charge in [0.2, 0.25) is 0 Å². The molecule has 1 N–H and O–H groups in total. The topological polar surface area (TPSA) is 63.1 Å². The Morgan fingerprint density at radius 1 is 1.14 bits per heavy atom. The highest BCUT2D eigenvalue weighted by molar-refractivity contribution is 5.93. The van der Waals surface area contributed by atoms with Crippen LogP contribution < -0.4 is 10.2 Å². The average molecular weight is 377 g/mol. The predicted octanol–water partition coefficient (Wildman–Crippen LogP) is 3.45. The fraction of sp³-hybridized carbons (Fsp3) is 0.318. The van der Waals surface area contributed by atoms with E-state index in [9.17, 15) is 4.79 Å². The third kappa shape index (κ3) is 4.39. The Morgan fingerprint density at radius 2 is 1.93 bits per heavy atom. The van der Waals surface area contributed by atoms with E-state index in [1.54, 1.807) is 16.9 Å². The molecule has 1 amide bonds. The summed E-state index contributed by atoms with van der Waals surface area (Å²) >= 11 is 0. The Hall–Kier alpha value is -3.15. The van der Waals surface area contributed by atoms with Crippen molar-refractivity contribution in [2.75, 3.05) is 24.5 Å². The molecular formula is C22H27N5O. The summed E-state index contributed by atoms with van der Waals surface area (Å²) in [6, 6.07) is 13.9. The first-order valence-electron chi connectivity index (χ1n) is 9.58. The number of anilines is 1. The fourth-order valence-electron chi connectivity index (χ4n) is 3.28. The minimum atomic E-state index is -0.117. The lowest BCUT2D eigenvalue weighted by molar-refractivity contribution is 0.0954. The van der Waals surface area contributed by atoms with E-state index in [-0.39, 0.29) is 5.91 Å². The van der Waals surface area contributed by atoms with Crippen molar-refractivity contribution in [1.82, 2.24) is 20.1 Å². The van der Waals surface area contributed by atoms with E-state index in [0.717, 1.165) is 24.5 Å². The lowest BCUT2D eigenvalue weighted by Crippen LogP contribution is -2.35. The monoisotopic (exact) mass is 377 g/mol. The number of carbonyl (C=O) groups excluding carboxylic acids is 1. The maximum absolute atomic E-state index is 12.4. The highest BCUT2D eigenvalue weighted by Crippen LogP contribution is 2.18. The minimum absolute atomic E-state index is 0.117. The second kappa shape index (κ2) is 8.69. The molecule has 2 aromatic heterocycles. The lowest BCUT2D eigenvalue weighted by atomic mass is 10.2. The Balaban J connectivity index is 1.59. The number of nitrogens with zero attached hydrogens (tertiary/aromatic N) is 4. The number of aryl methyl sites for hydroxylation is 3. The van der Waals surface area contributed by atoms with Crippen molar-refractivity contribution in [1.29, 1.82) is 0 Å². The van der Waals surface area contributed by atoms with Gasteiger partial charge in [-0.3, -0.25) is 4.79 Å². The smallest absolute Gasteiger partial charge is 0.252 e. The summed E-state index contributed by atoms with van der Waals surface area (Å²) in [6.07, 6.45) is 1.60. The van der Waals surface area contributed by atoms with Crippen LogP contribution in [-0.2, 0) is 0 Å². The summed E-state index contributed by atoms with van der Waals surface area (Å²) < 4.78 is 1.78. The standard InChI is InChI=1S/C22H27N5O/c1-5-26(20-9-7-6-8-16(20)2)13-12-23-22(28)19-10-11-21(24-15-19)27-18(4)14-17(3)25-27/h6-11,14-15H,5,12-13H2,1-4H3,(H,23,28). The maximum Gasteiger partial charge on any atom is 0.252 e. The van der Waals surface area contributed by atoms with Gasteiger partial charge in [-0.25, -0.2) is 9.67 Å². The van der Waals surface area contributed by atoms with Crippen molar-refractivity contribution in [3.63, 3.8) is 0 Å². The number of nitrogens with one attached hydrogen (secondary N) is 1. The van der Waals surface area contributed by atoms with E-state index in [1.807, 2.05) is 38.1 Å². The van der Waals surface area contributed by atoms with Gasteiger partial charge in [0.1, 0.15) is 0 Å². The molecule has 0 atom stereocenters. The molecular weight excluding hydrogens is 350 g/mol. The van der Waals surface area contributed by atoms with Crippen LogP contribution in [0.4, 0.5) is 5.69 Å². The molecule has 2 heterocycles. The molecule has 28 heavy (non-hydrogen) atoms. The fourth-order valence-corrected chi connectivity index (χ4v) is 3.28. The number of pyridine rings is 1. The second-order valence-electron chi connectivity index (χ2n) is 6.87. The first-order valence-corrected chi connectivity index (χ1v) is 9.58. The van der Waals surface area contributed by atoms with Gasteiger partial charge < -0.3 is 10.2 Å². The summed E-state index contributed by atoms with van der Waals surface area (Å²) in [5, 5.41) is 7.40. The van der Waals surface area contributed by atoms with Gasteiger partial charge in [0.25, 0.3) is 5.91 Å². The number of amides is 1. The van der Waals surface area contributed by atoms with Gasteiger partial charge in [-0.05, 0) is 57.5 Å². The Bertz CT molecular complexity index is 946. The summed E-state index contributed by atoms with van der Waals surface area (Å²) in [6.45, 7) is 10.4. The van der Waals surface area contributed by atoms with Crippen molar-refractivity contribution < 1.29 is 4.79 Å². The summed E-state index contributed by atoms with van der Waals surface area (Å²) in [5.74, 6) is 0.590. The number of likely N-dealkylation sites (N-methyl/N-ethyl adjacent to an activating group) is 1. The summed E-state index contributed by atoms with van der Waals surface area (Å²) in [7, 11) is 0. The van der Waals surface area contributed by atoms with Crippen molar-refractivity contribution >= 4 is 11.6 Å². The molecule has 0 spiro atoms. The van der Waals surface area contributed by atoms with Crippen LogP contribution in [0.25, 0.3) is 5.82 Å². The zero-order valence-corrected chi connectivity index (χ0v) is 16.9. The molecule has 0 unspecified atom stereocenters. The van der Waals surface area contributed by atoms with Crippen LogP contribution in [-0.4, -0.2) is 40.3 Å². The SMILES string of the molecule is CCN(CCNC(=O)c1ccc(-n2nc(C)cc2C)nc1)c1ccccc1C. The Labute approximate surface area is 166 Å². The Morgan fingerprint density at radius 3 is 2.54 bits per heavy atom. The molecule has 0 saturated carbocycles. The zero-order valence-electron chi connectivity index (χ0n) is 16.9. The third-order valence-corrected chi connectivity index (χ3v) is 4.74. The van der Waals surface area contributed by atoms with Crippen molar-refractivity contribution in [3.05, 3.63) is 71.2 Å². The number of rotatable bonds is 7. The number of para-hydroxylation sites is 1. The van der Waals surface area contributed by atoms with Crippen LogP contribution in [0.2, 0.25) is 0 Å². The molecule has 3 rings (SSSR count). The highest BCUT2D eigenvalue weighted by Gasteiger charge is 2.10. The molecule has 0 saturated heterocycles. The average Bonchev–Trinajstić information content (AvgIpc) is 3.04. The normalized spacial score (nSPS) is 10.7. The van der Waals surface area contributed by atoms with Gasteiger partial charge in [0, 0.05) is 37.2 Å². The Kier molecular flexibility index (Phi) is 6.09. The van der Waals surface area contributed by atoms with Gasteiger partial charge in [0.15, 0.2) is 5.82 Å². The van der Waals surface area contributed by atoms with Crippen LogP contribution in [0.5, 0.6) is 0 Å². The van der Waals surface area contributed by atoms with Gasteiger partial charge in [-0.15, -0.1) is 0 Å². The van der Waals surface area contributed by atoms with E-state index in [4.69, 9.17) is 0 Å². The van der Waals surface area contributed by atoms with E-state index in [2.05, 4.69) is 46.3 Å². The van der Waals surface area contributed by atoms with E-state index < -0.39 is 0 Å². The van der Waals surface area contributed by atoms with Crippen molar-refractivity contribution in [2.24, 2.45) is 0 Å². The minimum Gasteiger partial charge on any atom is -0.370 e. The van der Waals surface area contributed by atoms with Gasteiger partial charge in [-0.1, -0.05) is 18.2 Å². The summed E-state index contributed by atoms with van der Waals surface area (Å²) in [4.78, 5) is 19.1. The van der Waals surface area contributed by atoms with E-state index in [1.165, 1.54) is 11.3 Å². The number of carbonyl (C=O) groups is 1. The predicted molar refractivity (Wildman–Crippen MR) is 112 cm³/mol. The summed E-state index contributed by atoms with van der Waals surface area (Å²) in [5.41, 5.74) is 4.94. The number of benzene rings is 1. The molecule has 3 aromatic rings. The quantitative estimate of drug-likeness (QED) is 0.685. The molecule has 6 nitrogen and oxygen atoms in total. The molecule has 0 aliphatic carbocycles. The molecule has 0 fully saturated rings. The van der Waals surface area contributed by atoms with E-state index in [0.29, 0.717) is 17.9 Å². The number of hydrogen-bond donors (Lipinski definition) is 1. The van der Waals surface area contributed by atoms with Gasteiger partial charge >= 0.3 is 0 Å². The van der Waals surface area contributed by atoms with Crippen LogP contribution in [0.15, 0.2) is 48.7 Å². The molecule has 1 aromatic carbocycles. The van der Waals surface area contributed by atoms with Crippen LogP contribution in [0, 0.1) is 20.8 Å².